The minimum absolute atomic E-state index is 0.561. The van der Waals surface area contributed by atoms with Crippen molar-refractivity contribution >= 4 is 11.6 Å². The van der Waals surface area contributed by atoms with Crippen LogP contribution in [0, 0.1) is 0 Å². The van der Waals surface area contributed by atoms with Gasteiger partial charge < -0.3 is 24.4 Å². The van der Waals surface area contributed by atoms with Gasteiger partial charge in [0.1, 0.15) is 0 Å². The van der Waals surface area contributed by atoms with Crippen molar-refractivity contribution in [1.29, 1.82) is 0 Å². The molecule has 0 heterocycles. The van der Waals surface area contributed by atoms with Gasteiger partial charge in [0.25, 0.3) is 0 Å². The Kier molecular flexibility index (Phi) is 8.45. The van der Waals surface area contributed by atoms with Gasteiger partial charge in [-0.05, 0) is 24.7 Å². The van der Waals surface area contributed by atoms with Crippen molar-refractivity contribution < 1.29 is 14.2 Å². The predicted octanol–water partition coefficient (Wildman–Crippen LogP) is 2.03. The lowest BCUT2D eigenvalue weighted by atomic mass is 10.2. The van der Waals surface area contributed by atoms with E-state index >= 15 is 0 Å². The van der Waals surface area contributed by atoms with Gasteiger partial charge in [0.05, 0.1) is 25.8 Å². The third-order valence-corrected chi connectivity index (χ3v) is 3.45. The quantitative estimate of drug-likeness (QED) is 0.669. The van der Waals surface area contributed by atoms with E-state index in [4.69, 9.17) is 25.8 Å². The van der Waals surface area contributed by atoms with Crippen molar-refractivity contribution in [2.45, 2.75) is 6.54 Å². The summed E-state index contributed by atoms with van der Waals surface area (Å²) in [5.74, 6) is 1.22. The summed E-state index contributed by atoms with van der Waals surface area (Å²) in [7, 11) is 6.98. The molecule has 0 fully saturated rings. The van der Waals surface area contributed by atoms with Crippen LogP contribution in [0.15, 0.2) is 12.1 Å². The van der Waals surface area contributed by atoms with E-state index < -0.39 is 0 Å². The number of methoxy groups -OCH3 is 3. The van der Waals surface area contributed by atoms with Crippen molar-refractivity contribution in [2.24, 2.45) is 0 Å². The normalized spacial score (nSPS) is 11.0. The Morgan fingerprint density at radius 2 is 1.90 bits per heavy atom. The zero-order valence-corrected chi connectivity index (χ0v) is 14.0. The molecule has 6 heteroatoms. The summed E-state index contributed by atoms with van der Waals surface area (Å²) in [6, 6.07) is 3.83. The van der Waals surface area contributed by atoms with Crippen LogP contribution >= 0.6 is 11.6 Å². The fourth-order valence-corrected chi connectivity index (χ4v) is 2.25. The van der Waals surface area contributed by atoms with Crippen LogP contribution in [0.5, 0.6) is 11.5 Å². The lowest BCUT2D eigenvalue weighted by Gasteiger charge is -2.16. The molecule has 120 valence electrons. The van der Waals surface area contributed by atoms with Crippen LogP contribution in [-0.2, 0) is 11.3 Å². The average molecular weight is 317 g/mol. The lowest BCUT2D eigenvalue weighted by Crippen LogP contribution is -2.31. The Balaban J connectivity index is 2.44. The number of nitrogens with zero attached hydrogens (tertiary/aromatic N) is 1. The van der Waals surface area contributed by atoms with Crippen molar-refractivity contribution in [3.63, 3.8) is 0 Å². The molecule has 5 nitrogen and oxygen atoms in total. The number of rotatable bonds is 10. The second kappa shape index (κ2) is 9.84. The number of hydrogen-bond acceptors (Lipinski definition) is 5. The van der Waals surface area contributed by atoms with E-state index in [9.17, 15) is 0 Å². The van der Waals surface area contributed by atoms with Crippen LogP contribution in [0.4, 0.5) is 0 Å². The van der Waals surface area contributed by atoms with Crippen LogP contribution in [0.25, 0.3) is 0 Å². The summed E-state index contributed by atoms with van der Waals surface area (Å²) in [5.41, 5.74) is 1.07. The smallest absolute Gasteiger partial charge is 0.179 e. The van der Waals surface area contributed by atoms with Crippen LogP contribution in [0.3, 0.4) is 0 Å². The molecule has 0 radical (unpaired) electrons. The fraction of sp³-hybridized carbons (Fsp3) is 0.600. The largest absolute Gasteiger partial charge is 0.493 e. The number of nitrogens with one attached hydrogen (secondary N) is 1. The van der Waals surface area contributed by atoms with Crippen LogP contribution in [-0.4, -0.2) is 59.5 Å². The highest BCUT2D eigenvalue weighted by atomic mass is 35.5. The van der Waals surface area contributed by atoms with Gasteiger partial charge >= 0.3 is 0 Å². The first kappa shape index (κ1) is 18.0. The van der Waals surface area contributed by atoms with Gasteiger partial charge in [-0.3, -0.25) is 0 Å². The molecule has 21 heavy (non-hydrogen) atoms. The SMILES string of the molecule is COCCN(C)CCNCc1cc(Cl)c(OC)c(OC)c1. The number of ether oxygens (including phenoxy) is 3. The summed E-state index contributed by atoms with van der Waals surface area (Å²) >= 11 is 6.18. The molecule has 1 rings (SSSR count). The molecule has 1 aromatic carbocycles. The van der Waals surface area contributed by atoms with E-state index in [1.165, 1.54) is 0 Å². The number of likely N-dealkylation sites (N-methyl/N-ethyl adjacent to an activating group) is 1. The molecule has 0 unspecified atom stereocenters. The summed E-state index contributed by atoms with van der Waals surface area (Å²) < 4.78 is 15.6. The van der Waals surface area contributed by atoms with Gasteiger partial charge in [-0.15, -0.1) is 0 Å². The highest BCUT2D eigenvalue weighted by molar-refractivity contribution is 6.32. The van der Waals surface area contributed by atoms with Gasteiger partial charge in [0.15, 0.2) is 11.5 Å². The summed E-state index contributed by atoms with van der Waals surface area (Å²) in [4.78, 5) is 2.22. The Morgan fingerprint density at radius 3 is 2.52 bits per heavy atom. The number of hydrogen-bond donors (Lipinski definition) is 1. The van der Waals surface area contributed by atoms with Gasteiger partial charge in [-0.25, -0.2) is 0 Å². The van der Waals surface area contributed by atoms with Crippen LogP contribution in [0.1, 0.15) is 5.56 Å². The Morgan fingerprint density at radius 1 is 1.14 bits per heavy atom. The van der Waals surface area contributed by atoms with E-state index in [-0.39, 0.29) is 0 Å². The van der Waals surface area contributed by atoms with E-state index in [0.717, 1.165) is 38.3 Å². The van der Waals surface area contributed by atoms with Gasteiger partial charge in [-0.2, -0.15) is 0 Å². The molecule has 0 saturated heterocycles. The second-order valence-corrected chi connectivity index (χ2v) is 5.19. The lowest BCUT2D eigenvalue weighted by molar-refractivity contribution is 0.161. The number of benzene rings is 1. The minimum Gasteiger partial charge on any atom is -0.493 e. The van der Waals surface area contributed by atoms with Crippen LogP contribution < -0.4 is 14.8 Å². The zero-order chi connectivity index (χ0) is 15.7. The van der Waals surface area contributed by atoms with E-state index in [1.54, 1.807) is 21.3 Å². The average Bonchev–Trinajstić information content (AvgIpc) is 2.48. The fourth-order valence-electron chi connectivity index (χ4n) is 1.93. The standard InChI is InChI=1S/C15H25ClN2O3/c1-18(7-8-19-2)6-5-17-11-12-9-13(16)15(21-4)14(10-12)20-3/h9-10,17H,5-8,11H2,1-4H3. The highest BCUT2D eigenvalue weighted by Crippen LogP contribution is 2.35. The molecule has 0 atom stereocenters. The molecule has 0 aliphatic heterocycles. The van der Waals surface area contributed by atoms with Crippen molar-refractivity contribution in [2.75, 3.05) is 54.6 Å². The second-order valence-electron chi connectivity index (χ2n) is 4.79. The molecule has 0 saturated carbocycles. The third kappa shape index (κ3) is 6.09. The Labute approximate surface area is 132 Å². The topological polar surface area (TPSA) is 43.0 Å². The molecular formula is C15H25ClN2O3. The van der Waals surface area contributed by atoms with Gasteiger partial charge in [0, 0.05) is 33.3 Å². The highest BCUT2D eigenvalue weighted by Gasteiger charge is 2.10. The van der Waals surface area contributed by atoms with Crippen molar-refractivity contribution in [3.8, 4) is 11.5 Å². The molecule has 0 bridgehead atoms. The maximum atomic E-state index is 6.18. The predicted molar refractivity (Wildman–Crippen MR) is 85.6 cm³/mol. The Hall–Kier alpha value is -1.01. The molecule has 0 aliphatic carbocycles. The molecule has 1 aromatic rings. The summed E-state index contributed by atoms with van der Waals surface area (Å²) in [5, 5.41) is 3.95. The Bertz CT molecular complexity index is 430. The summed E-state index contributed by atoms with van der Waals surface area (Å²) in [6.07, 6.45) is 0. The molecular weight excluding hydrogens is 292 g/mol. The summed E-state index contributed by atoms with van der Waals surface area (Å²) in [6.45, 7) is 4.27. The molecule has 0 amide bonds. The number of halogens is 1. The molecule has 0 aromatic heterocycles. The molecule has 0 aliphatic rings. The minimum atomic E-state index is 0.561. The van der Waals surface area contributed by atoms with E-state index in [2.05, 4.69) is 17.3 Å². The van der Waals surface area contributed by atoms with Crippen molar-refractivity contribution in [1.82, 2.24) is 10.2 Å². The first-order chi connectivity index (χ1) is 10.1. The maximum absolute atomic E-state index is 6.18. The van der Waals surface area contributed by atoms with E-state index in [1.807, 2.05) is 12.1 Å². The third-order valence-electron chi connectivity index (χ3n) is 3.17. The maximum Gasteiger partial charge on any atom is 0.179 e. The zero-order valence-electron chi connectivity index (χ0n) is 13.2. The van der Waals surface area contributed by atoms with E-state index in [0.29, 0.717) is 16.5 Å². The first-order valence-corrected chi connectivity index (χ1v) is 7.28. The molecule has 1 N–H and O–H groups in total. The van der Waals surface area contributed by atoms with Crippen molar-refractivity contribution in [3.05, 3.63) is 22.7 Å². The van der Waals surface area contributed by atoms with Gasteiger partial charge in [-0.1, -0.05) is 11.6 Å². The first-order valence-electron chi connectivity index (χ1n) is 6.91. The van der Waals surface area contributed by atoms with Gasteiger partial charge in [0.2, 0.25) is 0 Å². The van der Waals surface area contributed by atoms with Crippen LogP contribution in [0.2, 0.25) is 5.02 Å². The molecule has 0 spiro atoms. The monoisotopic (exact) mass is 316 g/mol.